The average Bonchev–Trinajstić information content (AvgIpc) is 3.09. The number of carbonyl (C=O) groups excluding carboxylic acids is 2. The van der Waals surface area contributed by atoms with Gasteiger partial charge in [-0.1, -0.05) is 13.0 Å². The van der Waals surface area contributed by atoms with Crippen LogP contribution in [0.15, 0.2) is 29.6 Å². The van der Waals surface area contributed by atoms with Crippen molar-refractivity contribution in [1.29, 1.82) is 0 Å². The molecule has 0 saturated carbocycles. The zero-order valence-electron chi connectivity index (χ0n) is 15.6. The number of methoxy groups -OCH3 is 1. The Morgan fingerprint density at radius 3 is 2.67 bits per heavy atom. The Labute approximate surface area is 161 Å². The minimum atomic E-state index is -0.463. The van der Waals surface area contributed by atoms with E-state index >= 15 is 0 Å². The highest BCUT2D eigenvalue weighted by atomic mass is 32.1. The number of nitrogens with zero attached hydrogens (tertiary/aromatic N) is 1. The van der Waals surface area contributed by atoms with Gasteiger partial charge in [0.25, 0.3) is 0 Å². The van der Waals surface area contributed by atoms with Crippen LogP contribution in [0.2, 0.25) is 0 Å². The summed E-state index contributed by atoms with van der Waals surface area (Å²) in [6.45, 7) is 5.05. The normalized spacial score (nSPS) is 10.7. The molecule has 0 saturated heterocycles. The van der Waals surface area contributed by atoms with Crippen LogP contribution < -0.4 is 10.1 Å². The molecule has 0 aliphatic carbocycles. The molecule has 0 radical (unpaired) electrons. The number of benzene rings is 1. The molecule has 0 aliphatic heterocycles. The molecule has 146 valence electrons. The van der Waals surface area contributed by atoms with Crippen molar-refractivity contribution in [2.45, 2.75) is 20.4 Å². The second-order valence-electron chi connectivity index (χ2n) is 5.70. The molecule has 0 aliphatic rings. The lowest BCUT2D eigenvalue weighted by atomic mass is 10.2. The zero-order chi connectivity index (χ0) is 19.8. The lowest BCUT2D eigenvalue weighted by Crippen LogP contribution is -2.32. The van der Waals surface area contributed by atoms with Gasteiger partial charge < -0.3 is 14.8 Å². The van der Waals surface area contributed by atoms with E-state index in [0.29, 0.717) is 23.7 Å². The van der Waals surface area contributed by atoms with Crippen molar-refractivity contribution in [3.05, 3.63) is 46.6 Å². The molecular weight excluding hydrogens is 371 g/mol. The van der Waals surface area contributed by atoms with E-state index in [-0.39, 0.29) is 24.8 Å². The van der Waals surface area contributed by atoms with E-state index in [2.05, 4.69) is 5.32 Å². The van der Waals surface area contributed by atoms with Crippen LogP contribution in [0.3, 0.4) is 0 Å². The van der Waals surface area contributed by atoms with E-state index in [1.807, 2.05) is 11.8 Å². The standard InChI is InChI=1S/C19H23FN2O4S/c1-4-22(11-13-6-7-16(25-3)15(20)10-13)12-17(23)21-18-14(8-9-27-18)19(24)26-5-2/h6-10H,4-5,11-12H2,1-3H3,(H,21,23). The predicted octanol–water partition coefficient (Wildman–Crippen LogP) is 3.53. The second-order valence-corrected chi connectivity index (χ2v) is 6.62. The molecule has 0 atom stereocenters. The van der Waals surface area contributed by atoms with Crippen molar-refractivity contribution in [1.82, 2.24) is 4.90 Å². The van der Waals surface area contributed by atoms with Crippen LogP contribution in [0.1, 0.15) is 29.8 Å². The van der Waals surface area contributed by atoms with Gasteiger partial charge in [0.1, 0.15) is 5.00 Å². The number of hydrogen-bond acceptors (Lipinski definition) is 6. The van der Waals surface area contributed by atoms with Crippen molar-refractivity contribution >= 4 is 28.2 Å². The maximum atomic E-state index is 13.8. The third-order valence-electron chi connectivity index (χ3n) is 3.85. The maximum absolute atomic E-state index is 13.8. The van der Waals surface area contributed by atoms with Gasteiger partial charge >= 0.3 is 5.97 Å². The lowest BCUT2D eigenvalue weighted by molar-refractivity contribution is -0.117. The third kappa shape index (κ3) is 5.77. The fourth-order valence-corrected chi connectivity index (χ4v) is 3.28. The van der Waals surface area contributed by atoms with Crippen molar-refractivity contribution in [2.75, 3.05) is 32.1 Å². The summed E-state index contributed by atoms with van der Waals surface area (Å²) in [4.78, 5) is 26.1. The van der Waals surface area contributed by atoms with Crippen LogP contribution in [0.4, 0.5) is 9.39 Å². The summed E-state index contributed by atoms with van der Waals surface area (Å²) in [5, 5.41) is 4.94. The van der Waals surface area contributed by atoms with Crippen LogP contribution in [-0.2, 0) is 16.1 Å². The highest BCUT2D eigenvalue weighted by Crippen LogP contribution is 2.24. The molecule has 8 heteroatoms. The first-order valence-corrected chi connectivity index (χ1v) is 9.45. The van der Waals surface area contributed by atoms with Gasteiger partial charge in [-0.15, -0.1) is 11.3 Å². The van der Waals surface area contributed by atoms with Crippen molar-refractivity contribution < 1.29 is 23.5 Å². The Morgan fingerprint density at radius 1 is 1.26 bits per heavy atom. The van der Waals surface area contributed by atoms with E-state index in [9.17, 15) is 14.0 Å². The number of anilines is 1. The molecule has 1 aromatic heterocycles. The molecular formula is C19H23FN2O4S. The summed E-state index contributed by atoms with van der Waals surface area (Å²) in [5.41, 5.74) is 1.08. The average molecular weight is 394 g/mol. The molecule has 2 rings (SSSR count). The van der Waals surface area contributed by atoms with Gasteiger partial charge in [0, 0.05) is 6.54 Å². The first-order chi connectivity index (χ1) is 13.0. The van der Waals surface area contributed by atoms with Gasteiger partial charge in [-0.3, -0.25) is 9.69 Å². The molecule has 0 bridgehead atoms. The first-order valence-electron chi connectivity index (χ1n) is 8.57. The highest BCUT2D eigenvalue weighted by Gasteiger charge is 2.17. The van der Waals surface area contributed by atoms with E-state index in [1.165, 1.54) is 24.5 Å². The fourth-order valence-electron chi connectivity index (χ4n) is 2.49. The van der Waals surface area contributed by atoms with Crippen molar-refractivity contribution in [3.63, 3.8) is 0 Å². The van der Waals surface area contributed by atoms with Gasteiger partial charge in [0.2, 0.25) is 5.91 Å². The molecule has 1 heterocycles. The second kappa shape index (κ2) is 10.0. The largest absolute Gasteiger partial charge is 0.494 e. The van der Waals surface area contributed by atoms with Gasteiger partial charge in [0.15, 0.2) is 11.6 Å². The number of amides is 1. The van der Waals surface area contributed by atoms with Gasteiger partial charge in [-0.2, -0.15) is 0 Å². The van der Waals surface area contributed by atoms with Gasteiger partial charge in [0.05, 0.1) is 25.8 Å². The number of rotatable bonds is 9. The topological polar surface area (TPSA) is 67.9 Å². The predicted molar refractivity (Wildman–Crippen MR) is 103 cm³/mol. The third-order valence-corrected chi connectivity index (χ3v) is 4.68. The van der Waals surface area contributed by atoms with Crippen LogP contribution >= 0.6 is 11.3 Å². The molecule has 27 heavy (non-hydrogen) atoms. The number of ether oxygens (including phenoxy) is 2. The monoisotopic (exact) mass is 394 g/mol. The number of esters is 1. The Balaban J connectivity index is 1.98. The molecule has 1 amide bonds. The zero-order valence-corrected chi connectivity index (χ0v) is 16.4. The number of halogens is 1. The molecule has 0 spiro atoms. The Morgan fingerprint density at radius 2 is 2.04 bits per heavy atom. The summed E-state index contributed by atoms with van der Waals surface area (Å²) >= 11 is 1.26. The first kappa shape index (κ1) is 20.9. The van der Waals surface area contributed by atoms with Crippen molar-refractivity contribution in [2.24, 2.45) is 0 Å². The number of nitrogens with one attached hydrogen (secondary N) is 1. The Kier molecular flexibility index (Phi) is 7.75. The number of likely N-dealkylation sites (N-methyl/N-ethyl adjacent to an activating group) is 1. The molecule has 2 aromatic rings. The molecule has 1 N–H and O–H groups in total. The summed E-state index contributed by atoms with van der Waals surface area (Å²) in [5.74, 6) is -0.967. The van der Waals surface area contributed by atoms with Crippen LogP contribution in [-0.4, -0.2) is 43.6 Å². The smallest absolute Gasteiger partial charge is 0.341 e. The quantitative estimate of drug-likeness (QED) is 0.659. The summed E-state index contributed by atoms with van der Waals surface area (Å²) in [7, 11) is 1.41. The molecule has 0 unspecified atom stereocenters. The summed E-state index contributed by atoms with van der Waals surface area (Å²) < 4.78 is 23.7. The minimum Gasteiger partial charge on any atom is -0.494 e. The van der Waals surface area contributed by atoms with E-state index in [0.717, 1.165) is 5.56 Å². The molecule has 6 nitrogen and oxygen atoms in total. The van der Waals surface area contributed by atoms with E-state index < -0.39 is 11.8 Å². The lowest BCUT2D eigenvalue weighted by Gasteiger charge is -2.20. The molecule has 1 aromatic carbocycles. The molecule has 0 fully saturated rings. The van der Waals surface area contributed by atoms with E-state index in [1.54, 1.807) is 30.5 Å². The van der Waals surface area contributed by atoms with Gasteiger partial charge in [-0.25, -0.2) is 9.18 Å². The number of carbonyl (C=O) groups is 2. The number of hydrogen-bond donors (Lipinski definition) is 1. The SMILES string of the molecule is CCOC(=O)c1ccsc1NC(=O)CN(CC)Cc1ccc(OC)c(F)c1. The Hall–Kier alpha value is -2.45. The Bertz CT molecular complexity index is 794. The summed E-state index contributed by atoms with van der Waals surface area (Å²) in [6, 6.07) is 6.35. The summed E-state index contributed by atoms with van der Waals surface area (Å²) in [6.07, 6.45) is 0. The number of thiophene rings is 1. The minimum absolute atomic E-state index is 0.115. The van der Waals surface area contributed by atoms with Crippen molar-refractivity contribution in [3.8, 4) is 5.75 Å². The highest BCUT2D eigenvalue weighted by molar-refractivity contribution is 7.14. The van der Waals surface area contributed by atoms with Gasteiger partial charge in [-0.05, 0) is 42.6 Å². The van der Waals surface area contributed by atoms with E-state index in [4.69, 9.17) is 9.47 Å². The maximum Gasteiger partial charge on any atom is 0.341 e. The fraction of sp³-hybridized carbons (Fsp3) is 0.368. The van der Waals surface area contributed by atoms with Crippen LogP contribution in [0.25, 0.3) is 0 Å². The van der Waals surface area contributed by atoms with Crippen LogP contribution in [0.5, 0.6) is 5.75 Å². The van der Waals surface area contributed by atoms with Crippen LogP contribution in [0, 0.1) is 5.82 Å².